The fourth-order valence-electron chi connectivity index (χ4n) is 2.09. The van der Waals surface area contributed by atoms with Crippen LogP contribution in [0.3, 0.4) is 0 Å². The van der Waals surface area contributed by atoms with Crippen molar-refractivity contribution in [3.63, 3.8) is 0 Å². The second-order valence-corrected chi connectivity index (χ2v) is 5.31. The maximum Gasteiger partial charge on any atom is 0.329 e. The molecule has 1 unspecified atom stereocenters. The van der Waals surface area contributed by atoms with Crippen molar-refractivity contribution in [3.05, 3.63) is 71.8 Å². The smallest absolute Gasteiger partial charge is 0.329 e. The predicted molar refractivity (Wildman–Crippen MR) is 89.6 cm³/mol. The number of carboxylic acids is 1. The first-order valence-corrected chi connectivity index (χ1v) is 7.79. The lowest BCUT2D eigenvalue weighted by atomic mass is 10.2. The van der Waals surface area contributed by atoms with Crippen molar-refractivity contribution in [1.82, 2.24) is 0 Å². The summed E-state index contributed by atoms with van der Waals surface area (Å²) in [6.07, 6.45) is -0.331. The van der Waals surface area contributed by atoms with Gasteiger partial charge in [-0.2, -0.15) is 0 Å². The molecule has 2 aromatic carbocycles. The van der Waals surface area contributed by atoms with Crippen LogP contribution in [-0.4, -0.2) is 37.0 Å². The minimum absolute atomic E-state index is 0.177. The fourth-order valence-corrected chi connectivity index (χ4v) is 2.09. The number of carbonyl (C=O) groups is 1. The van der Waals surface area contributed by atoms with Crippen LogP contribution in [0.1, 0.15) is 11.1 Å². The topological polar surface area (TPSA) is 65.0 Å². The maximum absolute atomic E-state index is 11.0. The van der Waals surface area contributed by atoms with Crippen LogP contribution in [-0.2, 0) is 32.2 Å². The van der Waals surface area contributed by atoms with E-state index in [0.717, 1.165) is 11.1 Å². The van der Waals surface area contributed by atoms with Gasteiger partial charge in [0.05, 0.1) is 26.4 Å². The van der Waals surface area contributed by atoms with Crippen molar-refractivity contribution in [3.8, 4) is 0 Å². The van der Waals surface area contributed by atoms with Crippen LogP contribution in [0.4, 0.5) is 0 Å². The zero-order valence-electron chi connectivity index (χ0n) is 14.4. The third-order valence-electron chi connectivity index (χ3n) is 3.27. The molecule has 0 aliphatic carbocycles. The Morgan fingerprint density at radius 1 is 0.917 bits per heavy atom. The molecule has 1 atom stereocenters. The van der Waals surface area contributed by atoms with E-state index in [1.54, 1.807) is 0 Å². The van der Waals surface area contributed by atoms with E-state index in [1.807, 2.05) is 60.7 Å². The highest BCUT2D eigenvalue weighted by atomic mass is 16.6. The van der Waals surface area contributed by atoms with E-state index in [4.69, 9.17) is 15.6 Å². The van der Waals surface area contributed by atoms with E-state index in [2.05, 4.69) is 5.11 Å². The van der Waals surface area contributed by atoms with E-state index < -0.39 is 5.97 Å². The highest BCUT2D eigenvalue weighted by Gasteiger charge is 2.12. The van der Waals surface area contributed by atoms with Gasteiger partial charge in [0, 0.05) is 0 Å². The number of aliphatic carboxylic acids is 1. The molecule has 0 aliphatic rings. The van der Waals surface area contributed by atoms with Gasteiger partial charge in [0.2, 0.25) is 0 Å². The van der Waals surface area contributed by atoms with Crippen molar-refractivity contribution < 1.29 is 24.1 Å². The molecule has 0 saturated heterocycles. The molecule has 1 N–H and O–H groups in total. The Hall–Kier alpha value is -2.21. The van der Waals surface area contributed by atoms with Gasteiger partial charge >= 0.3 is 5.97 Å². The first kappa shape index (κ1) is 16.6. The molecular weight excluding hydrogens is 308 g/mol. The lowest BCUT2D eigenvalue weighted by molar-refractivity contribution is -0.145. The maximum atomic E-state index is 11.0. The molecule has 5 heteroatoms. The number of benzene rings is 2. The zero-order chi connectivity index (χ0) is 17.7. The molecule has 2 rings (SSSR count). The summed E-state index contributed by atoms with van der Waals surface area (Å²) in [5.74, 6) is -0.744. The van der Waals surface area contributed by atoms with Crippen molar-refractivity contribution >= 4 is 5.97 Å². The largest absolute Gasteiger partial charge is 0.480 e. The van der Waals surface area contributed by atoms with Crippen LogP contribution < -0.4 is 0 Å². The highest BCUT2D eigenvalue weighted by molar-refractivity contribution is 5.67. The standard InChI is InChI=1S/C19H22O5/c20-19(21)15-23-14-18(24-12-17-9-5-2-6-10-17)13-22-11-16-7-3-1-4-8-16/h1-10,18H,11-15H2,(H,20,21)/i/hT. The van der Waals surface area contributed by atoms with Crippen LogP contribution in [0.25, 0.3) is 1.43 Å². The number of carboxylic acid groups (broad SMARTS) is 1. The van der Waals surface area contributed by atoms with Crippen LogP contribution in [0.15, 0.2) is 60.7 Å². The van der Waals surface area contributed by atoms with Gasteiger partial charge in [-0.15, -0.1) is 0 Å². The Morgan fingerprint density at radius 3 is 2.12 bits per heavy atom. The lowest BCUT2D eigenvalue weighted by Gasteiger charge is -2.18. The minimum atomic E-state index is -0.744. The van der Waals surface area contributed by atoms with Crippen molar-refractivity contribution in [1.29, 1.82) is 1.43 Å². The van der Waals surface area contributed by atoms with Crippen molar-refractivity contribution in [2.24, 2.45) is 0 Å². The van der Waals surface area contributed by atoms with Gasteiger partial charge < -0.3 is 19.3 Å². The molecule has 0 spiro atoms. The van der Waals surface area contributed by atoms with E-state index in [9.17, 15) is 4.79 Å². The van der Waals surface area contributed by atoms with Crippen molar-refractivity contribution in [2.45, 2.75) is 19.3 Å². The number of hydrogen-bond donors (Lipinski definition) is 1. The van der Waals surface area contributed by atoms with E-state index in [1.165, 1.54) is 0 Å². The summed E-state index contributed by atoms with van der Waals surface area (Å²) in [6, 6.07) is 19.6. The van der Waals surface area contributed by atoms with Gasteiger partial charge in [-0.25, -0.2) is 4.79 Å². The van der Waals surface area contributed by atoms with Gasteiger partial charge in [-0.1, -0.05) is 60.7 Å². The van der Waals surface area contributed by atoms with Crippen molar-refractivity contribution in [2.75, 3.05) is 19.8 Å². The Kier molecular flexibility index (Phi) is 7.31. The summed E-state index contributed by atoms with van der Waals surface area (Å²) in [7, 11) is 0. The third-order valence-corrected chi connectivity index (χ3v) is 3.27. The molecule has 0 heterocycles. The third kappa shape index (κ3) is 7.37. The summed E-state index contributed by atoms with van der Waals surface area (Å²) in [5.41, 5.74) is 2.11. The fraction of sp³-hybridized carbons (Fsp3) is 0.316. The van der Waals surface area contributed by atoms with Gasteiger partial charge in [0.15, 0.2) is 0 Å². The second kappa shape index (κ2) is 10.5. The zero-order valence-corrected chi connectivity index (χ0v) is 13.4. The number of hydrogen-bond acceptors (Lipinski definition) is 5. The molecule has 0 radical (unpaired) electrons. The van der Waals surface area contributed by atoms with E-state index in [0.29, 0.717) is 19.8 Å². The van der Waals surface area contributed by atoms with Gasteiger partial charge in [0.25, 0.3) is 1.43 Å². The van der Waals surface area contributed by atoms with Gasteiger partial charge in [0.1, 0.15) is 12.7 Å². The van der Waals surface area contributed by atoms with Crippen LogP contribution in [0.5, 0.6) is 0 Å². The van der Waals surface area contributed by atoms with Crippen LogP contribution in [0, 0.1) is 0 Å². The molecule has 0 fully saturated rings. The second-order valence-electron chi connectivity index (χ2n) is 5.31. The van der Waals surface area contributed by atoms with Gasteiger partial charge in [-0.05, 0) is 11.1 Å². The first-order chi connectivity index (χ1) is 12.3. The van der Waals surface area contributed by atoms with Gasteiger partial charge in [-0.3, -0.25) is 0 Å². The Morgan fingerprint density at radius 2 is 1.50 bits per heavy atom. The molecule has 0 aromatic heterocycles. The Labute approximate surface area is 143 Å². The predicted octanol–water partition coefficient (Wildman–Crippen LogP) is 2.89. The SMILES string of the molecule is [3H]OC(=O)COCC(COCc1ccccc1)OCc1ccccc1. The quantitative estimate of drug-likeness (QED) is 0.685. The van der Waals surface area contributed by atoms with Crippen LogP contribution in [0.2, 0.25) is 0 Å². The summed E-state index contributed by atoms with van der Waals surface area (Å²) < 4.78 is 23.3. The molecule has 0 aliphatic heterocycles. The van der Waals surface area contributed by atoms with E-state index >= 15 is 0 Å². The average Bonchev–Trinajstić information content (AvgIpc) is 2.67. The molecule has 0 bridgehead atoms. The molecule has 2 aromatic rings. The van der Waals surface area contributed by atoms with E-state index in [-0.39, 0.29) is 19.3 Å². The summed E-state index contributed by atoms with van der Waals surface area (Å²) >= 11 is 0. The molecule has 5 nitrogen and oxygen atoms in total. The monoisotopic (exact) mass is 332 g/mol. The Bertz CT molecular complexity index is 606. The molecule has 0 saturated carbocycles. The first-order valence-electron chi connectivity index (χ1n) is 8.19. The highest BCUT2D eigenvalue weighted by Crippen LogP contribution is 2.07. The average molecular weight is 332 g/mol. The number of ether oxygens (including phenoxy) is 3. The normalized spacial score (nSPS) is 12.4. The Balaban J connectivity index is 1.78. The molecule has 128 valence electrons. The summed E-state index contributed by atoms with van der Waals surface area (Å²) in [4.78, 5) is 11.0. The van der Waals surface area contributed by atoms with Crippen LogP contribution >= 0.6 is 0 Å². The number of rotatable bonds is 11. The summed E-state index contributed by atoms with van der Waals surface area (Å²) in [5, 5.41) is 3.81. The summed E-state index contributed by atoms with van der Waals surface area (Å²) in [6.45, 7) is 1.12. The minimum Gasteiger partial charge on any atom is -0.480 e. The lowest BCUT2D eigenvalue weighted by Crippen LogP contribution is -2.27. The molecule has 0 amide bonds. The molecular formula is C19H22O5. The molecule has 24 heavy (non-hydrogen) atoms.